The van der Waals surface area contributed by atoms with Crippen LogP contribution in [-0.4, -0.2) is 47.8 Å². The lowest BCUT2D eigenvalue weighted by Crippen LogP contribution is -2.45. The maximum Gasteiger partial charge on any atom is 0.229 e. The molecule has 1 aromatic carbocycles. The van der Waals surface area contributed by atoms with Crippen LogP contribution in [0, 0.1) is 0 Å². The highest BCUT2D eigenvalue weighted by molar-refractivity contribution is 14.0. The Labute approximate surface area is 170 Å². The lowest BCUT2D eigenvalue weighted by Gasteiger charge is -2.19. The summed E-state index contributed by atoms with van der Waals surface area (Å²) in [6, 6.07) is 11.8. The van der Waals surface area contributed by atoms with E-state index in [1.54, 1.807) is 13.2 Å². The predicted octanol–water partition coefficient (Wildman–Crippen LogP) is 1.86. The first-order chi connectivity index (χ1) is 12.3. The molecular weight excluding hydrogens is 443 g/mol. The Morgan fingerprint density at radius 3 is 2.81 bits per heavy atom. The summed E-state index contributed by atoms with van der Waals surface area (Å²) in [7, 11) is 1.74. The van der Waals surface area contributed by atoms with E-state index >= 15 is 0 Å². The summed E-state index contributed by atoms with van der Waals surface area (Å²) in [5, 5.41) is 10.8. The molecular formula is C18H25IN6O. The summed E-state index contributed by atoms with van der Waals surface area (Å²) in [6.45, 7) is 2.31. The van der Waals surface area contributed by atoms with Gasteiger partial charge in [-0.3, -0.25) is 14.5 Å². The molecule has 140 valence electrons. The van der Waals surface area contributed by atoms with Crippen molar-refractivity contribution in [2.75, 3.05) is 25.0 Å². The van der Waals surface area contributed by atoms with Crippen LogP contribution in [0.15, 0.2) is 53.8 Å². The van der Waals surface area contributed by atoms with E-state index in [1.165, 1.54) is 0 Å². The fourth-order valence-corrected chi connectivity index (χ4v) is 2.93. The second kappa shape index (κ2) is 10.1. The zero-order chi connectivity index (χ0) is 17.5. The average molecular weight is 468 g/mol. The fourth-order valence-electron chi connectivity index (χ4n) is 2.93. The molecule has 0 radical (unpaired) electrons. The third kappa shape index (κ3) is 5.45. The number of aromatic nitrogens is 2. The number of hydrogen-bond donors (Lipinski definition) is 2. The van der Waals surface area contributed by atoms with Gasteiger partial charge in [0, 0.05) is 51.2 Å². The number of carbonyl (C=O) groups excluding carboxylic acids is 1. The summed E-state index contributed by atoms with van der Waals surface area (Å²) >= 11 is 0. The van der Waals surface area contributed by atoms with Gasteiger partial charge in [-0.05, 0) is 24.6 Å². The lowest BCUT2D eigenvalue weighted by molar-refractivity contribution is -0.117. The second-order valence-corrected chi connectivity index (χ2v) is 6.01. The topological polar surface area (TPSA) is 74.5 Å². The van der Waals surface area contributed by atoms with Crippen LogP contribution >= 0.6 is 24.0 Å². The maximum atomic E-state index is 12.3. The Bertz CT molecular complexity index is 704. The monoisotopic (exact) mass is 468 g/mol. The van der Waals surface area contributed by atoms with Crippen molar-refractivity contribution in [2.24, 2.45) is 4.99 Å². The zero-order valence-electron chi connectivity index (χ0n) is 14.8. The highest BCUT2D eigenvalue weighted by Crippen LogP contribution is 2.20. The molecule has 8 heteroatoms. The minimum absolute atomic E-state index is 0. The molecule has 1 unspecified atom stereocenters. The standard InChI is InChI=1S/C18H24N6O.HI/c1-19-18(20-9-5-11-23-12-6-10-21-23)22-15-13-17(25)24(14-15)16-7-3-2-4-8-16;/h2-4,6-8,10,12,15H,5,9,11,13-14H2,1H3,(H2,19,20,22);1H. The van der Waals surface area contributed by atoms with E-state index in [1.807, 2.05) is 52.2 Å². The largest absolute Gasteiger partial charge is 0.356 e. The summed E-state index contributed by atoms with van der Waals surface area (Å²) < 4.78 is 1.91. The van der Waals surface area contributed by atoms with E-state index < -0.39 is 0 Å². The van der Waals surface area contributed by atoms with E-state index in [-0.39, 0.29) is 35.9 Å². The molecule has 1 aliphatic rings. The van der Waals surface area contributed by atoms with E-state index in [0.29, 0.717) is 13.0 Å². The van der Waals surface area contributed by atoms with Crippen molar-refractivity contribution in [3.05, 3.63) is 48.8 Å². The molecule has 0 aliphatic carbocycles. The summed E-state index contributed by atoms with van der Waals surface area (Å²) in [6.07, 6.45) is 5.16. The van der Waals surface area contributed by atoms with Crippen LogP contribution in [0.2, 0.25) is 0 Å². The Morgan fingerprint density at radius 1 is 1.31 bits per heavy atom. The highest BCUT2D eigenvalue weighted by Gasteiger charge is 2.30. The molecule has 26 heavy (non-hydrogen) atoms. The van der Waals surface area contributed by atoms with E-state index in [4.69, 9.17) is 0 Å². The van der Waals surface area contributed by atoms with Gasteiger partial charge in [-0.2, -0.15) is 5.10 Å². The van der Waals surface area contributed by atoms with Crippen LogP contribution in [-0.2, 0) is 11.3 Å². The SMILES string of the molecule is CN=C(NCCCn1cccn1)NC1CC(=O)N(c2ccccc2)C1.I. The number of aryl methyl sites for hydroxylation is 1. The van der Waals surface area contributed by atoms with Crippen LogP contribution < -0.4 is 15.5 Å². The Morgan fingerprint density at radius 2 is 2.12 bits per heavy atom. The van der Waals surface area contributed by atoms with E-state index in [2.05, 4.69) is 20.7 Å². The van der Waals surface area contributed by atoms with Gasteiger partial charge >= 0.3 is 0 Å². The molecule has 0 saturated carbocycles. The first-order valence-electron chi connectivity index (χ1n) is 8.56. The van der Waals surface area contributed by atoms with Gasteiger partial charge in [-0.15, -0.1) is 24.0 Å². The summed E-state index contributed by atoms with van der Waals surface area (Å²) in [5.74, 6) is 0.867. The Kier molecular flexibility index (Phi) is 7.89. The molecule has 2 N–H and O–H groups in total. The number of nitrogens with zero attached hydrogens (tertiary/aromatic N) is 4. The van der Waals surface area contributed by atoms with Crippen molar-refractivity contribution in [1.29, 1.82) is 0 Å². The molecule has 3 rings (SSSR count). The number of rotatable bonds is 6. The fraction of sp³-hybridized carbons (Fsp3) is 0.389. The number of halogens is 1. The minimum atomic E-state index is 0. The first kappa shape index (κ1) is 20.2. The molecule has 2 aromatic rings. The summed E-state index contributed by atoms with van der Waals surface area (Å²) in [4.78, 5) is 18.3. The average Bonchev–Trinajstić information content (AvgIpc) is 3.28. The Balaban J connectivity index is 0.00000243. The number of aliphatic imine (C=N–C) groups is 1. The number of guanidine groups is 1. The third-order valence-corrected chi connectivity index (χ3v) is 4.17. The molecule has 2 heterocycles. The first-order valence-corrected chi connectivity index (χ1v) is 8.56. The third-order valence-electron chi connectivity index (χ3n) is 4.17. The van der Waals surface area contributed by atoms with Gasteiger partial charge in [0.2, 0.25) is 5.91 Å². The van der Waals surface area contributed by atoms with Crippen LogP contribution in [0.3, 0.4) is 0 Å². The van der Waals surface area contributed by atoms with Crippen LogP contribution in [0.1, 0.15) is 12.8 Å². The van der Waals surface area contributed by atoms with Crippen LogP contribution in [0.4, 0.5) is 5.69 Å². The number of hydrogen-bond acceptors (Lipinski definition) is 3. The van der Waals surface area contributed by atoms with E-state index in [0.717, 1.165) is 31.2 Å². The molecule has 1 fully saturated rings. The molecule has 1 aromatic heterocycles. The minimum Gasteiger partial charge on any atom is -0.356 e. The number of nitrogens with one attached hydrogen (secondary N) is 2. The molecule has 0 spiro atoms. The smallest absolute Gasteiger partial charge is 0.229 e. The highest BCUT2D eigenvalue weighted by atomic mass is 127. The predicted molar refractivity (Wildman–Crippen MR) is 114 cm³/mol. The second-order valence-electron chi connectivity index (χ2n) is 6.01. The van der Waals surface area contributed by atoms with Crippen molar-refractivity contribution < 1.29 is 4.79 Å². The van der Waals surface area contributed by atoms with Crippen molar-refractivity contribution in [3.8, 4) is 0 Å². The van der Waals surface area contributed by atoms with Crippen molar-refractivity contribution >= 4 is 41.5 Å². The normalized spacial score (nSPS) is 17.1. The van der Waals surface area contributed by atoms with Crippen molar-refractivity contribution in [3.63, 3.8) is 0 Å². The number of amides is 1. The molecule has 1 saturated heterocycles. The van der Waals surface area contributed by atoms with Gasteiger partial charge in [0.05, 0.1) is 6.04 Å². The van der Waals surface area contributed by atoms with E-state index in [9.17, 15) is 4.79 Å². The molecule has 7 nitrogen and oxygen atoms in total. The molecule has 1 amide bonds. The van der Waals surface area contributed by atoms with Gasteiger partial charge in [-0.1, -0.05) is 18.2 Å². The maximum absolute atomic E-state index is 12.3. The quantitative estimate of drug-likeness (QED) is 0.294. The number of para-hydroxylation sites is 1. The summed E-state index contributed by atoms with van der Waals surface area (Å²) in [5.41, 5.74) is 0.943. The number of anilines is 1. The zero-order valence-corrected chi connectivity index (χ0v) is 17.2. The van der Waals surface area contributed by atoms with Gasteiger partial charge in [-0.25, -0.2) is 0 Å². The van der Waals surface area contributed by atoms with Gasteiger partial charge in [0.1, 0.15) is 0 Å². The van der Waals surface area contributed by atoms with Gasteiger partial charge in [0.25, 0.3) is 0 Å². The molecule has 1 aliphatic heterocycles. The van der Waals surface area contributed by atoms with Gasteiger partial charge in [0.15, 0.2) is 5.96 Å². The number of benzene rings is 1. The molecule has 1 atom stereocenters. The number of carbonyl (C=O) groups is 1. The lowest BCUT2D eigenvalue weighted by atomic mass is 10.2. The van der Waals surface area contributed by atoms with Crippen molar-refractivity contribution in [1.82, 2.24) is 20.4 Å². The van der Waals surface area contributed by atoms with Gasteiger partial charge < -0.3 is 15.5 Å². The van der Waals surface area contributed by atoms with Crippen LogP contribution in [0.5, 0.6) is 0 Å². The van der Waals surface area contributed by atoms with Crippen molar-refractivity contribution in [2.45, 2.75) is 25.4 Å². The Hall–Kier alpha value is -2.10. The van der Waals surface area contributed by atoms with Crippen LogP contribution in [0.25, 0.3) is 0 Å². The molecule has 0 bridgehead atoms.